The highest BCUT2D eigenvalue weighted by Crippen LogP contribution is 2.30. The van der Waals surface area contributed by atoms with Crippen molar-refractivity contribution in [2.45, 2.75) is 92.1 Å². The molecule has 1 aromatic rings. The van der Waals surface area contributed by atoms with Crippen LogP contribution in [-0.2, 0) is 35.0 Å². The second-order valence-electron chi connectivity index (χ2n) is 9.25. The fourth-order valence-corrected chi connectivity index (χ4v) is 2.87. The minimum Gasteiger partial charge on any atom is -0.468 e. The predicted molar refractivity (Wildman–Crippen MR) is 138 cm³/mol. The lowest BCUT2D eigenvalue weighted by atomic mass is 10.0. The zero-order chi connectivity index (χ0) is 28.8. The monoisotopic (exact) mass is 539 g/mol. The van der Waals surface area contributed by atoms with Crippen LogP contribution in [0.4, 0.5) is 9.59 Å². The van der Waals surface area contributed by atoms with Crippen LogP contribution >= 0.6 is 0 Å². The van der Waals surface area contributed by atoms with E-state index in [0.717, 1.165) is 0 Å². The molecule has 11 heteroatoms. The molecule has 1 N–H and O–H groups in total. The lowest BCUT2D eigenvalue weighted by molar-refractivity contribution is -0.152. The van der Waals surface area contributed by atoms with Crippen molar-refractivity contribution in [3.8, 4) is 11.5 Å². The smallest absolute Gasteiger partial charge is 0.468 e. The van der Waals surface area contributed by atoms with Crippen molar-refractivity contribution in [2.24, 2.45) is 5.92 Å². The summed E-state index contributed by atoms with van der Waals surface area (Å²) in [5.41, 5.74) is 0.564. The van der Waals surface area contributed by atoms with Crippen molar-refractivity contribution in [1.29, 1.82) is 0 Å². The SMILES string of the molecule is CCC(C)OC(=O)Oc1ccc(C[C@H](NCC(C)OC(=O)C(C)C)C(=O)OC)cc1OC(=O)OC(C)CC. The molecule has 3 unspecified atom stereocenters. The van der Waals surface area contributed by atoms with Crippen molar-refractivity contribution in [3.63, 3.8) is 0 Å². The first kappa shape index (κ1) is 32.7. The quantitative estimate of drug-likeness (QED) is 0.202. The van der Waals surface area contributed by atoms with Crippen molar-refractivity contribution in [2.75, 3.05) is 13.7 Å². The van der Waals surface area contributed by atoms with Crippen LogP contribution in [-0.4, -0.2) is 62.3 Å². The Morgan fingerprint density at radius 1 is 0.763 bits per heavy atom. The molecular formula is C27H41NO10. The van der Waals surface area contributed by atoms with E-state index in [0.29, 0.717) is 18.4 Å². The van der Waals surface area contributed by atoms with Gasteiger partial charge < -0.3 is 33.7 Å². The Morgan fingerprint density at radius 3 is 1.82 bits per heavy atom. The number of nitrogens with one attached hydrogen (secondary N) is 1. The highest BCUT2D eigenvalue weighted by molar-refractivity contribution is 5.76. The molecule has 1 aromatic carbocycles. The molecule has 0 fully saturated rings. The molecular weight excluding hydrogens is 498 g/mol. The lowest BCUT2D eigenvalue weighted by Crippen LogP contribution is -2.43. The number of benzene rings is 1. The van der Waals surface area contributed by atoms with E-state index in [4.69, 9.17) is 28.4 Å². The van der Waals surface area contributed by atoms with Crippen LogP contribution in [0.1, 0.15) is 66.9 Å². The molecule has 214 valence electrons. The number of hydrogen-bond donors (Lipinski definition) is 1. The van der Waals surface area contributed by atoms with Gasteiger partial charge >= 0.3 is 24.2 Å². The Morgan fingerprint density at radius 2 is 1.32 bits per heavy atom. The third kappa shape index (κ3) is 11.8. The van der Waals surface area contributed by atoms with Gasteiger partial charge in [-0.1, -0.05) is 33.8 Å². The summed E-state index contributed by atoms with van der Waals surface area (Å²) in [6.07, 6.45) is -1.86. The summed E-state index contributed by atoms with van der Waals surface area (Å²) in [6, 6.07) is 3.70. The average molecular weight is 540 g/mol. The molecule has 0 bridgehead atoms. The molecule has 11 nitrogen and oxygen atoms in total. The van der Waals surface area contributed by atoms with Crippen LogP contribution in [0.5, 0.6) is 11.5 Å². The van der Waals surface area contributed by atoms with Gasteiger partial charge in [-0.2, -0.15) is 0 Å². The number of carbonyl (C=O) groups excluding carboxylic acids is 4. The predicted octanol–water partition coefficient (Wildman–Crippen LogP) is 4.58. The largest absolute Gasteiger partial charge is 0.514 e. The van der Waals surface area contributed by atoms with Crippen LogP contribution in [0, 0.1) is 5.92 Å². The highest BCUT2D eigenvalue weighted by atomic mass is 16.7. The van der Waals surface area contributed by atoms with Crippen molar-refractivity contribution >= 4 is 24.2 Å². The number of carbonyl (C=O) groups is 4. The molecule has 0 amide bonds. The van der Waals surface area contributed by atoms with Gasteiger partial charge in [-0.05, 0) is 57.7 Å². The fourth-order valence-electron chi connectivity index (χ4n) is 2.87. The second-order valence-corrected chi connectivity index (χ2v) is 9.25. The molecule has 0 aliphatic heterocycles. The van der Waals surface area contributed by atoms with Gasteiger partial charge in [0.1, 0.15) is 24.4 Å². The third-order valence-electron chi connectivity index (χ3n) is 5.51. The maximum absolute atomic E-state index is 12.4. The Kier molecular flexibility index (Phi) is 14.2. The number of ether oxygens (including phenoxy) is 6. The third-order valence-corrected chi connectivity index (χ3v) is 5.51. The van der Waals surface area contributed by atoms with E-state index in [9.17, 15) is 19.2 Å². The molecule has 1 rings (SSSR count). The molecule has 4 atom stereocenters. The summed E-state index contributed by atoms with van der Waals surface area (Å²) in [5, 5.41) is 3.04. The highest BCUT2D eigenvalue weighted by Gasteiger charge is 2.24. The lowest BCUT2D eigenvalue weighted by Gasteiger charge is -2.21. The van der Waals surface area contributed by atoms with Crippen molar-refractivity contribution in [3.05, 3.63) is 23.8 Å². The van der Waals surface area contributed by atoms with Gasteiger partial charge in [-0.3, -0.25) is 9.59 Å². The molecule has 0 saturated heterocycles. The Balaban J connectivity index is 3.11. The standard InChI is InChI=1S/C27H41NO10/c1-9-17(5)35-26(31)37-22-12-11-20(14-23(22)38-27(32)36-18(6)10-2)13-21(25(30)33-8)28-15-19(7)34-24(29)16(3)4/h11-12,14,16-19,21,28H,9-10,13,15H2,1-8H3/t17?,18?,19?,21-/m0/s1. The van der Waals surface area contributed by atoms with Gasteiger partial charge in [-0.25, -0.2) is 9.59 Å². The van der Waals surface area contributed by atoms with Gasteiger partial charge in [0.2, 0.25) is 0 Å². The zero-order valence-corrected chi connectivity index (χ0v) is 23.5. The summed E-state index contributed by atoms with van der Waals surface area (Å²) >= 11 is 0. The maximum Gasteiger partial charge on any atom is 0.514 e. The van der Waals surface area contributed by atoms with Gasteiger partial charge in [0.25, 0.3) is 0 Å². The minimum absolute atomic E-state index is 0.0556. The first-order chi connectivity index (χ1) is 17.9. The van der Waals surface area contributed by atoms with E-state index in [1.807, 2.05) is 13.8 Å². The summed E-state index contributed by atoms with van der Waals surface area (Å²) < 4.78 is 31.2. The first-order valence-electron chi connectivity index (χ1n) is 12.8. The summed E-state index contributed by atoms with van der Waals surface area (Å²) in [7, 11) is 1.26. The van der Waals surface area contributed by atoms with E-state index < -0.39 is 30.4 Å². The number of methoxy groups -OCH3 is 1. The minimum atomic E-state index is -0.972. The molecule has 0 heterocycles. The van der Waals surface area contributed by atoms with Crippen molar-refractivity contribution < 1.29 is 47.6 Å². The normalized spacial score (nSPS) is 14.0. The maximum atomic E-state index is 12.4. The molecule has 0 aliphatic rings. The molecule has 38 heavy (non-hydrogen) atoms. The summed E-state index contributed by atoms with van der Waals surface area (Å²) in [5.74, 6) is -1.30. The number of rotatable bonds is 14. The molecule has 0 saturated carbocycles. The summed E-state index contributed by atoms with van der Waals surface area (Å²) in [6.45, 7) is 12.5. The molecule has 0 spiro atoms. The fraction of sp³-hybridized carbons (Fsp3) is 0.630. The molecule has 0 aromatic heterocycles. The van der Waals surface area contributed by atoms with Crippen LogP contribution in [0.25, 0.3) is 0 Å². The van der Waals surface area contributed by atoms with E-state index in [1.165, 1.54) is 19.2 Å². The van der Waals surface area contributed by atoms with E-state index >= 15 is 0 Å². The topological polar surface area (TPSA) is 136 Å². The average Bonchev–Trinajstić information content (AvgIpc) is 2.86. The van der Waals surface area contributed by atoms with Crippen molar-refractivity contribution in [1.82, 2.24) is 5.32 Å². The molecule has 0 radical (unpaired) electrons. The van der Waals surface area contributed by atoms with Crippen LogP contribution < -0.4 is 14.8 Å². The Labute approximate surface area is 224 Å². The van der Waals surface area contributed by atoms with E-state index in [2.05, 4.69) is 5.32 Å². The Bertz CT molecular complexity index is 932. The van der Waals surface area contributed by atoms with Crippen LogP contribution in [0.2, 0.25) is 0 Å². The van der Waals surface area contributed by atoms with Gasteiger partial charge in [0, 0.05) is 6.54 Å². The first-order valence-corrected chi connectivity index (χ1v) is 12.8. The van der Waals surface area contributed by atoms with Crippen LogP contribution in [0.15, 0.2) is 18.2 Å². The van der Waals surface area contributed by atoms with E-state index in [-0.39, 0.29) is 48.6 Å². The van der Waals surface area contributed by atoms with E-state index in [1.54, 1.807) is 40.7 Å². The van der Waals surface area contributed by atoms with Gasteiger partial charge in [0.15, 0.2) is 11.5 Å². The second kappa shape index (κ2) is 16.5. The number of hydrogen-bond acceptors (Lipinski definition) is 11. The number of esters is 2. The van der Waals surface area contributed by atoms with Gasteiger partial charge in [0.05, 0.1) is 13.0 Å². The van der Waals surface area contributed by atoms with Gasteiger partial charge in [-0.15, -0.1) is 0 Å². The Hall–Kier alpha value is -3.34. The zero-order valence-electron chi connectivity index (χ0n) is 23.5. The van der Waals surface area contributed by atoms with Crippen LogP contribution in [0.3, 0.4) is 0 Å². The molecule has 0 aliphatic carbocycles. The summed E-state index contributed by atoms with van der Waals surface area (Å²) in [4.78, 5) is 48.8.